The number of ketones is 1. The van der Waals surface area contributed by atoms with Gasteiger partial charge < -0.3 is 15.4 Å². The lowest BCUT2D eigenvalue weighted by atomic mass is 10.2. The normalized spacial score (nSPS) is 9.61. The van der Waals surface area contributed by atoms with Crippen LogP contribution in [0.3, 0.4) is 0 Å². The fourth-order valence-electron chi connectivity index (χ4n) is 2.23. The van der Waals surface area contributed by atoms with Gasteiger partial charge in [-0.05, 0) is 36.8 Å². The molecule has 0 saturated heterocycles. The number of carbonyl (C=O) groups is 3. The van der Waals surface area contributed by atoms with Crippen LogP contribution in [-0.4, -0.2) is 24.3 Å². The lowest BCUT2D eigenvalue weighted by Gasteiger charge is -2.05. The Bertz CT molecular complexity index is 865. The third-order valence-electron chi connectivity index (χ3n) is 3.54. The van der Waals surface area contributed by atoms with Crippen molar-refractivity contribution in [3.8, 4) is 11.8 Å². The number of nitrogens with one attached hydrogen (secondary N) is 2. The van der Waals surface area contributed by atoms with E-state index in [1.54, 1.807) is 24.3 Å². The van der Waals surface area contributed by atoms with Crippen LogP contribution in [0.1, 0.15) is 30.9 Å². The molecule has 0 aliphatic rings. The van der Waals surface area contributed by atoms with Gasteiger partial charge in [-0.3, -0.25) is 9.59 Å². The lowest BCUT2D eigenvalue weighted by molar-refractivity contribution is -0.124. The first-order chi connectivity index (χ1) is 13.5. The number of Topliss-reactive ketones (excluding diaryl/α,β-unsaturated/α-hetero) is 1. The van der Waals surface area contributed by atoms with Crippen LogP contribution in [0.15, 0.2) is 54.6 Å². The third-order valence-corrected chi connectivity index (χ3v) is 3.54. The van der Waals surface area contributed by atoms with E-state index in [9.17, 15) is 14.4 Å². The van der Waals surface area contributed by atoms with Gasteiger partial charge >= 0.3 is 6.09 Å². The lowest BCUT2D eigenvalue weighted by Crippen LogP contribution is -2.24. The molecule has 2 N–H and O–H groups in total. The van der Waals surface area contributed by atoms with Crippen LogP contribution in [0.4, 0.5) is 10.5 Å². The average molecular weight is 378 g/mol. The summed E-state index contributed by atoms with van der Waals surface area (Å²) < 4.78 is 5.11. The van der Waals surface area contributed by atoms with Gasteiger partial charge in [-0.1, -0.05) is 42.2 Å². The second-order valence-corrected chi connectivity index (χ2v) is 6.04. The SMILES string of the molecule is CC(=O)CC(=O)Nc1ccc(C#CCCNC(=O)OCc2ccccc2)cc1. The van der Waals surface area contributed by atoms with Gasteiger partial charge in [-0.25, -0.2) is 4.79 Å². The molecule has 0 fully saturated rings. The Hall–Kier alpha value is -3.59. The molecule has 2 rings (SSSR count). The van der Waals surface area contributed by atoms with Crippen LogP contribution in [0.5, 0.6) is 0 Å². The second-order valence-electron chi connectivity index (χ2n) is 6.04. The number of alkyl carbamates (subject to hydrolysis) is 1. The van der Waals surface area contributed by atoms with E-state index in [1.165, 1.54) is 6.92 Å². The molecule has 0 unspecified atom stereocenters. The van der Waals surface area contributed by atoms with Gasteiger partial charge in [-0.2, -0.15) is 0 Å². The Kier molecular flexibility index (Phi) is 8.28. The minimum absolute atomic E-state index is 0.137. The smallest absolute Gasteiger partial charge is 0.407 e. The summed E-state index contributed by atoms with van der Waals surface area (Å²) in [5.41, 5.74) is 2.33. The van der Waals surface area contributed by atoms with E-state index in [1.807, 2.05) is 30.3 Å². The molecule has 2 aromatic rings. The van der Waals surface area contributed by atoms with Gasteiger partial charge in [0.1, 0.15) is 12.4 Å². The summed E-state index contributed by atoms with van der Waals surface area (Å²) in [6.07, 6.45) is -0.129. The maximum Gasteiger partial charge on any atom is 0.407 e. The molecule has 0 aliphatic carbocycles. The highest BCUT2D eigenvalue weighted by Gasteiger charge is 2.05. The van der Waals surface area contributed by atoms with Crippen LogP contribution in [0.25, 0.3) is 0 Å². The molecular weight excluding hydrogens is 356 g/mol. The molecular formula is C22H22N2O4. The largest absolute Gasteiger partial charge is 0.445 e. The maximum absolute atomic E-state index is 11.6. The van der Waals surface area contributed by atoms with Crippen LogP contribution < -0.4 is 10.6 Å². The van der Waals surface area contributed by atoms with Crippen LogP contribution in [0.2, 0.25) is 0 Å². The molecule has 0 bridgehead atoms. The zero-order chi connectivity index (χ0) is 20.2. The summed E-state index contributed by atoms with van der Waals surface area (Å²) in [7, 11) is 0. The zero-order valence-electron chi connectivity index (χ0n) is 15.7. The summed E-state index contributed by atoms with van der Waals surface area (Å²) in [5, 5.41) is 5.29. The molecule has 0 saturated carbocycles. The fourth-order valence-corrected chi connectivity index (χ4v) is 2.23. The number of amides is 2. The van der Waals surface area contributed by atoms with Crippen LogP contribution in [0, 0.1) is 11.8 Å². The number of ether oxygens (including phenoxy) is 1. The number of rotatable bonds is 7. The molecule has 28 heavy (non-hydrogen) atoms. The summed E-state index contributed by atoms with van der Waals surface area (Å²) in [6.45, 7) is 1.99. The number of anilines is 1. The predicted molar refractivity (Wildman–Crippen MR) is 106 cm³/mol. The molecule has 6 nitrogen and oxygen atoms in total. The number of hydrogen-bond donors (Lipinski definition) is 2. The highest BCUT2D eigenvalue weighted by Crippen LogP contribution is 2.09. The quantitative estimate of drug-likeness (QED) is 0.440. The van der Waals surface area contributed by atoms with E-state index in [4.69, 9.17) is 4.74 Å². The summed E-state index contributed by atoms with van der Waals surface area (Å²) in [4.78, 5) is 34.0. The van der Waals surface area contributed by atoms with Gasteiger partial charge in [0, 0.05) is 24.2 Å². The molecule has 2 aromatic carbocycles. The van der Waals surface area contributed by atoms with Crippen molar-refractivity contribution >= 4 is 23.5 Å². The van der Waals surface area contributed by atoms with Gasteiger partial charge in [-0.15, -0.1) is 0 Å². The fraction of sp³-hybridized carbons (Fsp3) is 0.227. The van der Waals surface area contributed by atoms with Crippen molar-refractivity contribution in [1.29, 1.82) is 0 Å². The Balaban J connectivity index is 1.67. The first-order valence-electron chi connectivity index (χ1n) is 8.85. The van der Waals surface area contributed by atoms with Crippen molar-refractivity contribution < 1.29 is 19.1 Å². The van der Waals surface area contributed by atoms with E-state index in [0.29, 0.717) is 18.7 Å². The van der Waals surface area contributed by atoms with Crippen molar-refractivity contribution in [2.24, 2.45) is 0 Å². The first-order valence-corrected chi connectivity index (χ1v) is 8.85. The van der Waals surface area contributed by atoms with Crippen molar-refractivity contribution in [3.63, 3.8) is 0 Å². The highest BCUT2D eigenvalue weighted by atomic mass is 16.5. The number of benzene rings is 2. The van der Waals surface area contributed by atoms with Crippen LogP contribution in [-0.2, 0) is 20.9 Å². The van der Waals surface area contributed by atoms with Crippen molar-refractivity contribution in [3.05, 3.63) is 65.7 Å². The average Bonchev–Trinajstić information content (AvgIpc) is 2.67. The molecule has 6 heteroatoms. The van der Waals surface area contributed by atoms with Gasteiger partial charge in [0.15, 0.2) is 0 Å². The minimum Gasteiger partial charge on any atom is -0.445 e. The predicted octanol–water partition coefficient (Wildman–Crippen LogP) is 3.27. The molecule has 0 spiro atoms. The van der Waals surface area contributed by atoms with Gasteiger partial charge in [0.25, 0.3) is 0 Å². The second kappa shape index (κ2) is 11.2. The Labute approximate surface area is 164 Å². The standard InChI is InChI=1S/C22H22N2O4/c1-17(25)15-21(26)24-20-12-10-18(11-13-20)7-5-6-14-23-22(27)28-16-19-8-3-2-4-9-19/h2-4,8-13H,6,14-16H2,1H3,(H,23,27)(H,24,26). The monoisotopic (exact) mass is 378 g/mol. The highest BCUT2D eigenvalue weighted by molar-refractivity contribution is 6.03. The van der Waals surface area contributed by atoms with Crippen molar-refractivity contribution in [1.82, 2.24) is 5.32 Å². The van der Waals surface area contributed by atoms with Gasteiger partial charge in [0.2, 0.25) is 5.91 Å². The van der Waals surface area contributed by atoms with Crippen molar-refractivity contribution in [2.45, 2.75) is 26.4 Å². The Morgan fingerprint density at radius 3 is 2.39 bits per heavy atom. The van der Waals surface area contributed by atoms with E-state index in [0.717, 1.165) is 11.1 Å². The van der Waals surface area contributed by atoms with Crippen LogP contribution >= 0.6 is 0 Å². The van der Waals surface area contributed by atoms with E-state index in [-0.39, 0.29) is 24.7 Å². The van der Waals surface area contributed by atoms with Crippen molar-refractivity contribution in [2.75, 3.05) is 11.9 Å². The topological polar surface area (TPSA) is 84.5 Å². The van der Waals surface area contributed by atoms with E-state index in [2.05, 4.69) is 22.5 Å². The molecule has 0 aromatic heterocycles. The maximum atomic E-state index is 11.6. The van der Waals surface area contributed by atoms with E-state index < -0.39 is 6.09 Å². The molecule has 144 valence electrons. The summed E-state index contributed by atoms with van der Waals surface area (Å²) >= 11 is 0. The molecule has 0 heterocycles. The molecule has 0 aliphatic heterocycles. The summed E-state index contributed by atoms with van der Waals surface area (Å²) in [6, 6.07) is 16.5. The van der Waals surface area contributed by atoms with E-state index >= 15 is 0 Å². The zero-order valence-corrected chi connectivity index (χ0v) is 15.7. The van der Waals surface area contributed by atoms with Gasteiger partial charge in [0.05, 0.1) is 6.42 Å². The number of carbonyl (C=O) groups excluding carboxylic acids is 3. The Morgan fingerprint density at radius 1 is 1.00 bits per heavy atom. The summed E-state index contributed by atoms with van der Waals surface area (Å²) in [5.74, 6) is 5.43. The first kappa shape index (κ1) is 20.7. The molecule has 0 atom stereocenters. The molecule has 0 radical (unpaired) electrons. The Morgan fingerprint density at radius 2 is 1.71 bits per heavy atom. The third kappa shape index (κ3) is 8.19. The number of hydrogen-bond acceptors (Lipinski definition) is 4. The molecule has 2 amide bonds. The minimum atomic E-state index is -0.476.